The zero-order valence-electron chi connectivity index (χ0n) is 17.3. The molecule has 3 amide bonds. The van der Waals surface area contributed by atoms with E-state index in [-0.39, 0.29) is 11.5 Å². The summed E-state index contributed by atoms with van der Waals surface area (Å²) in [6.45, 7) is 1.50. The number of anilines is 1. The van der Waals surface area contributed by atoms with E-state index in [1.165, 1.54) is 36.1 Å². The molecule has 1 heterocycles. The Morgan fingerprint density at radius 3 is 1.94 bits per heavy atom. The van der Waals surface area contributed by atoms with Crippen LogP contribution >= 0.6 is 0 Å². The van der Waals surface area contributed by atoms with Crippen molar-refractivity contribution in [1.29, 1.82) is 0 Å². The van der Waals surface area contributed by atoms with Crippen LogP contribution in [0.1, 0.15) is 38.0 Å². The molecular weight excluding hydrogens is 396 g/mol. The van der Waals surface area contributed by atoms with Crippen LogP contribution in [0.3, 0.4) is 0 Å². The zero-order chi connectivity index (χ0) is 22.3. The van der Waals surface area contributed by atoms with Crippen LogP contribution in [0.5, 0.6) is 0 Å². The lowest BCUT2D eigenvalue weighted by Gasteiger charge is -2.27. The number of ether oxygens (including phenoxy) is 1. The molecule has 0 saturated carbocycles. The van der Waals surface area contributed by atoms with Gasteiger partial charge in [-0.15, -0.1) is 0 Å². The summed E-state index contributed by atoms with van der Waals surface area (Å²) in [5.74, 6) is -1.84. The van der Waals surface area contributed by atoms with Crippen molar-refractivity contribution in [2.45, 2.75) is 13.0 Å². The van der Waals surface area contributed by atoms with Crippen molar-refractivity contribution < 1.29 is 23.9 Å². The van der Waals surface area contributed by atoms with E-state index in [0.29, 0.717) is 22.2 Å². The van der Waals surface area contributed by atoms with E-state index in [1.807, 2.05) is 12.1 Å². The van der Waals surface area contributed by atoms with Crippen LogP contribution in [-0.2, 0) is 9.53 Å². The highest BCUT2D eigenvalue weighted by atomic mass is 16.5. The third-order valence-electron chi connectivity index (χ3n) is 5.21. The summed E-state index contributed by atoms with van der Waals surface area (Å²) >= 11 is 0. The van der Waals surface area contributed by atoms with Gasteiger partial charge in [0.2, 0.25) is 0 Å². The molecule has 156 valence electrons. The van der Waals surface area contributed by atoms with E-state index in [9.17, 15) is 19.2 Å². The number of carbonyl (C=O) groups is 4. The molecule has 0 aromatic heterocycles. The Morgan fingerprint density at radius 2 is 1.42 bits per heavy atom. The van der Waals surface area contributed by atoms with Crippen LogP contribution in [-0.4, -0.2) is 48.8 Å². The number of rotatable bonds is 4. The molecular formula is C24H20N2O5. The average Bonchev–Trinajstić information content (AvgIpc) is 2.77. The molecule has 7 nitrogen and oxygen atoms in total. The average molecular weight is 416 g/mol. The SMILES string of the molecule is C[C@@H](OC(=O)c1ccc(N2C(=O)c3cccc4cccc(c34)C2=O)cc1)C(=O)N(C)C. The minimum atomic E-state index is -0.926. The summed E-state index contributed by atoms with van der Waals surface area (Å²) in [4.78, 5) is 52.9. The highest BCUT2D eigenvalue weighted by Gasteiger charge is 2.33. The normalized spacial score (nSPS) is 13.8. The number of carbonyl (C=O) groups excluding carboxylic acids is 4. The zero-order valence-corrected chi connectivity index (χ0v) is 17.3. The van der Waals surface area contributed by atoms with E-state index >= 15 is 0 Å². The van der Waals surface area contributed by atoms with E-state index in [1.54, 1.807) is 38.4 Å². The monoisotopic (exact) mass is 416 g/mol. The first-order valence-corrected chi connectivity index (χ1v) is 9.72. The molecule has 3 aromatic carbocycles. The number of esters is 1. The Hall–Kier alpha value is -4.00. The van der Waals surface area contributed by atoms with Gasteiger partial charge in [-0.2, -0.15) is 0 Å². The Bertz CT molecular complexity index is 1180. The van der Waals surface area contributed by atoms with Gasteiger partial charge < -0.3 is 9.64 Å². The number of imide groups is 1. The second-order valence-electron chi connectivity index (χ2n) is 7.48. The molecule has 0 fully saturated rings. The summed E-state index contributed by atoms with van der Waals surface area (Å²) in [5.41, 5.74) is 1.46. The molecule has 1 atom stereocenters. The standard InChI is InChI=1S/C24H20N2O5/c1-14(21(27)25(2)3)31-24(30)16-10-12-17(13-11-16)26-22(28)18-8-4-6-15-7-5-9-19(20(15)18)23(26)29/h4-14H,1-3H3/t14-/m1/s1. The first-order chi connectivity index (χ1) is 14.8. The molecule has 31 heavy (non-hydrogen) atoms. The minimum Gasteiger partial charge on any atom is -0.449 e. The number of nitrogens with zero attached hydrogens (tertiary/aromatic N) is 2. The van der Waals surface area contributed by atoms with Crippen molar-refractivity contribution in [1.82, 2.24) is 4.90 Å². The fourth-order valence-corrected chi connectivity index (χ4v) is 3.65. The third-order valence-corrected chi connectivity index (χ3v) is 5.21. The lowest BCUT2D eigenvalue weighted by Crippen LogP contribution is -2.40. The predicted octanol–water partition coefficient (Wildman–Crippen LogP) is 3.27. The molecule has 1 aliphatic heterocycles. The van der Waals surface area contributed by atoms with Gasteiger partial charge in [0.1, 0.15) is 0 Å². The van der Waals surface area contributed by atoms with Crippen molar-refractivity contribution >= 4 is 40.2 Å². The third kappa shape index (κ3) is 3.44. The van der Waals surface area contributed by atoms with Crippen LogP contribution in [0.15, 0.2) is 60.7 Å². The van der Waals surface area contributed by atoms with Gasteiger partial charge in [0.15, 0.2) is 6.10 Å². The molecule has 3 aromatic rings. The summed E-state index contributed by atoms with van der Waals surface area (Å²) in [6.07, 6.45) is -0.926. The first-order valence-electron chi connectivity index (χ1n) is 9.72. The van der Waals surface area contributed by atoms with Crippen molar-refractivity contribution in [2.24, 2.45) is 0 Å². The van der Waals surface area contributed by atoms with Crippen LogP contribution in [0.2, 0.25) is 0 Å². The highest BCUT2D eigenvalue weighted by Crippen LogP contribution is 2.32. The van der Waals surface area contributed by atoms with Crippen LogP contribution in [0.25, 0.3) is 10.8 Å². The Kier molecular flexibility index (Phi) is 5.02. The van der Waals surface area contributed by atoms with Crippen LogP contribution in [0, 0.1) is 0 Å². The lowest BCUT2D eigenvalue weighted by atomic mass is 9.94. The van der Waals surface area contributed by atoms with Gasteiger partial charge in [-0.1, -0.05) is 24.3 Å². The molecule has 0 radical (unpaired) electrons. The molecule has 0 saturated heterocycles. The van der Waals surface area contributed by atoms with Crippen molar-refractivity contribution in [3.8, 4) is 0 Å². The molecule has 0 spiro atoms. The fraction of sp³-hybridized carbons (Fsp3) is 0.167. The quantitative estimate of drug-likeness (QED) is 0.481. The summed E-state index contributed by atoms with van der Waals surface area (Å²) in [5, 5.41) is 1.48. The molecule has 7 heteroatoms. The highest BCUT2D eigenvalue weighted by molar-refractivity contribution is 6.35. The summed E-state index contributed by atoms with van der Waals surface area (Å²) in [6, 6.07) is 16.6. The van der Waals surface area contributed by atoms with Gasteiger partial charge in [0.25, 0.3) is 17.7 Å². The molecule has 0 N–H and O–H groups in total. The smallest absolute Gasteiger partial charge is 0.338 e. The number of hydrogen-bond acceptors (Lipinski definition) is 5. The molecule has 1 aliphatic rings. The number of amides is 3. The largest absolute Gasteiger partial charge is 0.449 e. The van der Waals surface area contributed by atoms with Crippen molar-refractivity contribution in [3.63, 3.8) is 0 Å². The van der Waals surface area contributed by atoms with Gasteiger partial charge in [0, 0.05) is 30.6 Å². The first kappa shape index (κ1) is 20.3. The fourth-order valence-electron chi connectivity index (χ4n) is 3.65. The second kappa shape index (κ2) is 7.68. The van der Waals surface area contributed by atoms with Crippen molar-refractivity contribution in [3.05, 3.63) is 77.4 Å². The lowest BCUT2D eigenvalue weighted by molar-refractivity contribution is -0.137. The predicted molar refractivity (Wildman–Crippen MR) is 115 cm³/mol. The maximum atomic E-state index is 13.1. The number of likely N-dealkylation sites (N-methyl/N-ethyl adjacent to an activating group) is 1. The second-order valence-corrected chi connectivity index (χ2v) is 7.48. The Morgan fingerprint density at radius 1 is 0.871 bits per heavy atom. The van der Waals surface area contributed by atoms with Gasteiger partial charge in [-0.05, 0) is 48.7 Å². The van der Waals surface area contributed by atoms with E-state index < -0.39 is 23.9 Å². The molecule has 0 unspecified atom stereocenters. The molecule has 0 bridgehead atoms. The Labute approximate surface area is 178 Å². The van der Waals surface area contributed by atoms with E-state index in [2.05, 4.69) is 0 Å². The van der Waals surface area contributed by atoms with Gasteiger partial charge in [-0.3, -0.25) is 14.4 Å². The summed E-state index contributed by atoms with van der Waals surface area (Å²) < 4.78 is 5.19. The Balaban J connectivity index is 1.61. The van der Waals surface area contributed by atoms with Crippen molar-refractivity contribution in [2.75, 3.05) is 19.0 Å². The summed E-state index contributed by atoms with van der Waals surface area (Å²) in [7, 11) is 3.15. The number of hydrogen-bond donors (Lipinski definition) is 0. The minimum absolute atomic E-state index is 0.210. The van der Waals surface area contributed by atoms with Crippen LogP contribution < -0.4 is 4.90 Å². The number of benzene rings is 3. The van der Waals surface area contributed by atoms with E-state index in [0.717, 1.165) is 10.3 Å². The topological polar surface area (TPSA) is 84.0 Å². The van der Waals surface area contributed by atoms with Gasteiger partial charge in [0.05, 0.1) is 11.3 Å². The van der Waals surface area contributed by atoms with Crippen LogP contribution in [0.4, 0.5) is 5.69 Å². The maximum absolute atomic E-state index is 13.1. The van der Waals surface area contributed by atoms with Gasteiger partial charge >= 0.3 is 5.97 Å². The molecule has 4 rings (SSSR count). The van der Waals surface area contributed by atoms with Gasteiger partial charge in [-0.25, -0.2) is 9.69 Å². The van der Waals surface area contributed by atoms with E-state index in [4.69, 9.17) is 4.74 Å². The maximum Gasteiger partial charge on any atom is 0.338 e. The molecule has 0 aliphatic carbocycles.